The summed E-state index contributed by atoms with van der Waals surface area (Å²) in [7, 11) is 0. The molecule has 0 aliphatic carbocycles. The number of amidine groups is 1. The molecule has 2 heterocycles. The molecule has 1 fully saturated rings. The minimum atomic E-state index is -0.401. The lowest BCUT2D eigenvalue weighted by atomic mass is 10.00. The predicted octanol–water partition coefficient (Wildman–Crippen LogP) is 0.767. The lowest BCUT2D eigenvalue weighted by Gasteiger charge is -2.43. The molecule has 0 bridgehead atoms. The maximum Gasteiger partial charge on any atom is 0.159 e. The molecule has 1 aliphatic rings. The molecule has 3 N–H and O–H groups in total. The number of hydrogen-bond donors (Lipinski definition) is 2. The smallest absolute Gasteiger partial charge is 0.159 e. The first-order chi connectivity index (χ1) is 10.0. The molecule has 0 amide bonds. The molecule has 116 valence electrons. The van der Waals surface area contributed by atoms with Crippen molar-refractivity contribution in [2.24, 2.45) is 10.9 Å². The summed E-state index contributed by atoms with van der Waals surface area (Å²) in [4.78, 5) is 9.06. The molecule has 0 saturated carbocycles. The normalized spacial score (nSPS) is 18.9. The van der Waals surface area contributed by atoms with Gasteiger partial charge in [-0.3, -0.25) is 9.88 Å². The van der Waals surface area contributed by atoms with E-state index >= 15 is 0 Å². The Balaban J connectivity index is 1.81. The Bertz CT molecular complexity index is 466. The minimum absolute atomic E-state index is 0.268. The molecule has 1 aliphatic heterocycles. The molecule has 0 aromatic carbocycles. The number of oxime groups is 1. The summed E-state index contributed by atoms with van der Waals surface area (Å²) >= 11 is 0. The van der Waals surface area contributed by atoms with E-state index in [9.17, 15) is 0 Å². The van der Waals surface area contributed by atoms with Crippen LogP contribution in [0, 0.1) is 0 Å². The second kappa shape index (κ2) is 6.87. The van der Waals surface area contributed by atoms with E-state index in [-0.39, 0.29) is 5.84 Å². The molecule has 21 heavy (non-hydrogen) atoms. The summed E-state index contributed by atoms with van der Waals surface area (Å²) in [6.45, 7) is 8.84. The molecule has 1 saturated heterocycles. The van der Waals surface area contributed by atoms with Crippen LogP contribution in [0.5, 0.6) is 0 Å². The summed E-state index contributed by atoms with van der Waals surface area (Å²) in [6.07, 6.45) is 2.82. The van der Waals surface area contributed by atoms with E-state index in [2.05, 4.69) is 26.0 Å². The third kappa shape index (κ3) is 3.92. The SMILES string of the molecule is CC(C)(C(N)=NO)N1CCN(CCc2ccccn2)CC1. The monoisotopic (exact) mass is 291 g/mol. The van der Waals surface area contributed by atoms with Crippen LogP contribution < -0.4 is 5.73 Å². The Morgan fingerprint density at radius 3 is 2.62 bits per heavy atom. The number of piperazine rings is 1. The number of aromatic nitrogens is 1. The summed E-state index contributed by atoms with van der Waals surface area (Å²) < 4.78 is 0. The quantitative estimate of drug-likeness (QED) is 0.362. The number of nitrogens with two attached hydrogens (primary N) is 1. The number of nitrogens with zero attached hydrogens (tertiary/aromatic N) is 4. The van der Waals surface area contributed by atoms with Gasteiger partial charge in [-0.25, -0.2) is 0 Å². The molecule has 6 nitrogen and oxygen atoms in total. The lowest BCUT2D eigenvalue weighted by molar-refractivity contribution is 0.0837. The number of rotatable bonds is 5. The minimum Gasteiger partial charge on any atom is -0.409 e. The van der Waals surface area contributed by atoms with Crippen molar-refractivity contribution in [1.29, 1.82) is 0 Å². The molecule has 0 radical (unpaired) electrons. The predicted molar refractivity (Wildman–Crippen MR) is 83.4 cm³/mol. The van der Waals surface area contributed by atoms with Gasteiger partial charge in [-0.1, -0.05) is 11.2 Å². The van der Waals surface area contributed by atoms with Crippen LogP contribution in [0.3, 0.4) is 0 Å². The summed E-state index contributed by atoms with van der Waals surface area (Å²) in [6, 6.07) is 6.04. The van der Waals surface area contributed by atoms with Crippen LogP contribution in [0.4, 0.5) is 0 Å². The maximum atomic E-state index is 8.88. The van der Waals surface area contributed by atoms with E-state index in [0.717, 1.165) is 44.8 Å². The zero-order valence-corrected chi connectivity index (χ0v) is 12.9. The molecule has 2 rings (SSSR count). The first-order valence-corrected chi connectivity index (χ1v) is 7.39. The zero-order valence-electron chi connectivity index (χ0n) is 12.9. The topological polar surface area (TPSA) is 78.0 Å². The highest BCUT2D eigenvalue weighted by Gasteiger charge is 2.33. The third-order valence-electron chi connectivity index (χ3n) is 4.31. The Morgan fingerprint density at radius 1 is 1.33 bits per heavy atom. The van der Waals surface area contributed by atoms with E-state index in [1.54, 1.807) is 0 Å². The van der Waals surface area contributed by atoms with E-state index in [0.29, 0.717) is 0 Å². The molecule has 1 aromatic heterocycles. The van der Waals surface area contributed by atoms with Crippen LogP contribution in [0.25, 0.3) is 0 Å². The van der Waals surface area contributed by atoms with Crippen LogP contribution in [-0.4, -0.2) is 64.1 Å². The second-order valence-electron chi connectivity index (χ2n) is 5.94. The largest absolute Gasteiger partial charge is 0.409 e. The molecular formula is C15H25N5O. The highest BCUT2D eigenvalue weighted by atomic mass is 16.4. The van der Waals surface area contributed by atoms with Gasteiger partial charge in [-0.05, 0) is 26.0 Å². The third-order valence-corrected chi connectivity index (χ3v) is 4.31. The Kier molecular flexibility index (Phi) is 5.14. The average molecular weight is 291 g/mol. The standard InChI is InChI=1S/C15H25N5O/c1-15(2,14(16)18-21)20-11-9-19(10-12-20)8-6-13-5-3-4-7-17-13/h3-5,7,21H,6,8-12H2,1-2H3,(H2,16,18). The molecule has 0 atom stereocenters. The van der Waals surface area contributed by atoms with E-state index in [4.69, 9.17) is 10.9 Å². The summed E-state index contributed by atoms with van der Waals surface area (Å²) in [5.41, 5.74) is 6.52. The van der Waals surface area contributed by atoms with Gasteiger partial charge in [0.15, 0.2) is 5.84 Å². The van der Waals surface area contributed by atoms with E-state index < -0.39 is 5.54 Å². The molecule has 6 heteroatoms. The van der Waals surface area contributed by atoms with Crippen molar-refractivity contribution >= 4 is 5.84 Å². The van der Waals surface area contributed by atoms with Crippen molar-refractivity contribution in [3.8, 4) is 0 Å². The molecule has 1 aromatic rings. The average Bonchev–Trinajstić information content (AvgIpc) is 2.53. The number of pyridine rings is 1. The Hall–Kier alpha value is -1.66. The summed E-state index contributed by atoms with van der Waals surface area (Å²) in [5.74, 6) is 0.268. The fraction of sp³-hybridized carbons (Fsp3) is 0.600. The van der Waals surface area contributed by atoms with Crippen LogP contribution in [0.2, 0.25) is 0 Å². The fourth-order valence-corrected chi connectivity index (χ4v) is 2.63. The van der Waals surface area contributed by atoms with Crippen LogP contribution in [0.15, 0.2) is 29.6 Å². The zero-order chi connectivity index (χ0) is 15.3. The van der Waals surface area contributed by atoms with Crippen molar-refractivity contribution < 1.29 is 5.21 Å². The maximum absolute atomic E-state index is 8.88. The van der Waals surface area contributed by atoms with Crippen molar-refractivity contribution in [1.82, 2.24) is 14.8 Å². The van der Waals surface area contributed by atoms with Crippen LogP contribution in [-0.2, 0) is 6.42 Å². The van der Waals surface area contributed by atoms with Crippen LogP contribution in [0.1, 0.15) is 19.5 Å². The molecule has 0 unspecified atom stereocenters. The van der Waals surface area contributed by atoms with Crippen molar-refractivity contribution in [3.63, 3.8) is 0 Å². The number of hydrogen-bond acceptors (Lipinski definition) is 5. The second-order valence-corrected chi connectivity index (χ2v) is 5.94. The lowest BCUT2D eigenvalue weighted by Crippen LogP contribution is -2.59. The van der Waals surface area contributed by atoms with E-state index in [1.807, 2.05) is 32.2 Å². The van der Waals surface area contributed by atoms with Gasteiger partial charge < -0.3 is 15.8 Å². The van der Waals surface area contributed by atoms with Gasteiger partial charge in [-0.2, -0.15) is 0 Å². The highest BCUT2D eigenvalue weighted by molar-refractivity contribution is 5.88. The van der Waals surface area contributed by atoms with Gasteiger partial charge >= 0.3 is 0 Å². The van der Waals surface area contributed by atoms with Gasteiger partial charge in [0.05, 0.1) is 5.54 Å². The Labute approximate surface area is 126 Å². The van der Waals surface area contributed by atoms with Gasteiger partial charge in [0.1, 0.15) is 0 Å². The fourth-order valence-electron chi connectivity index (χ4n) is 2.63. The van der Waals surface area contributed by atoms with E-state index in [1.165, 1.54) is 0 Å². The highest BCUT2D eigenvalue weighted by Crippen LogP contribution is 2.17. The summed E-state index contributed by atoms with van der Waals surface area (Å²) in [5, 5.41) is 12.0. The first-order valence-electron chi connectivity index (χ1n) is 7.39. The molecular weight excluding hydrogens is 266 g/mol. The van der Waals surface area contributed by atoms with Crippen molar-refractivity contribution in [2.75, 3.05) is 32.7 Å². The van der Waals surface area contributed by atoms with Crippen LogP contribution >= 0.6 is 0 Å². The van der Waals surface area contributed by atoms with Gasteiger partial charge in [0, 0.05) is 51.0 Å². The Morgan fingerprint density at radius 2 is 2.05 bits per heavy atom. The molecule has 0 spiro atoms. The van der Waals surface area contributed by atoms with Gasteiger partial charge in [0.25, 0.3) is 0 Å². The van der Waals surface area contributed by atoms with Gasteiger partial charge in [0.2, 0.25) is 0 Å². The van der Waals surface area contributed by atoms with Gasteiger partial charge in [-0.15, -0.1) is 0 Å². The van der Waals surface area contributed by atoms with Crippen molar-refractivity contribution in [3.05, 3.63) is 30.1 Å². The van der Waals surface area contributed by atoms with Crippen molar-refractivity contribution in [2.45, 2.75) is 25.8 Å². The first kappa shape index (κ1) is 15.7.